The van der Waals surface area contributed by atoms with E-state index in [1.807, 2.05) is 30.0 Å². The van der Waals surface area contributed by atoms with Crippen molar-refractivity contribution in [2.45, 2.75) is 33.2 Å². The molecule has 0 radical (unpaired) electrons. The number of aromatic nitrogens is 2. The maximum Gasteiger partial charge on any atom is 0.312 e. The van der Waals surface area contributed by atoms with Gasteiger partial charge in [0, 0.05) is 56.0 Å². The Morgan fingerprint density at radius 2 is 1.76 bits per heavy atom. The van der Waals surface area contributed by atoms with E-state index in [4.69, 9.17) is 10.7 Å². The third kappa shape index (κ3) is 5.22. The highest BCUT2D eigenvalue weighted by Gasteiger charge is 2.23. The lowest BCUT2D eigenvalue weighted by molar-refractivity contribution is 0.0746. The molecular formula is C21H28N6O2. The summed E-state index contributed by atoms with van der Waals surface area (Å²) in [5, 5.41) is 2.54. The number of aryl methyl sites for hydroxylation is 1. The zero-order valence-corrected chi connectivity index (χ0v) is 17.2. The lowest BCUT2D eigenvalue weighted by Gasteiger charge is -2.35. The van der Waals surface area contributed by atoms with Crippen molar-refractivity contribution in [2.24, 2.45) is 5.73 Å². The summed E-state index contributed by atoms with van der Waals surface area (Å²) >= 11 is 0. The van der Waals surface area contributed by atoms with Crippen LogP contribution in [0.1, 0.15) is 47.2 Å². The van der Waals surface area contributed by atoms with Crippen molar-refractivity contribution in [3.05, 3.63) is 53.0 Å². The summed E-state index contributed by atoms with van der Waals surface area (Å²) in [7, 11) is 0. The average Bonchev–Trinajstić information content (AvgIpc) is 2.71. The maximum absolute atomic E-state index is 12.8. The molecule has 0 unspecified atom stereocenters. The second-order valence-corrected chi connectivity index (χ2v) is 7.57. The second kappa shape index (κ2) is 8.89. The average molecular weight is 396 g/mol. The number of nitrogens with zero attached hydrogens (tertiary/aromatic N) is 4. The van der Waals surface area contributed by atoms with Gasteiger partial charge in [-0.3, -0.25) is 4.79 Å². The van der Waals surface area contributed by atoms with Gasteiger partial charge in [-0.05, 0) is 24.6 Å². The summed E-state index contributed by atoms with van der Waals surface area (Å²) < 4.78 is 0. The molecule has 1 aromatic carbocycles. The highest BCUT2D eigenvalue weighted by Crippen LogP contribution is 2.19. The van der Waals surface area contributed by atoms with E-state index >= 15 is 0 Å². The first-order valence-electron chi connectivity index (χ1n) is 9.85. The van der Waals surface area contributed by atoms with E-state index < -0.39 is 6.03 Å². The number of piperazine rings is 1. The van der Waals surface area contributed by atoms with Crippen LogP contribution in [0.25, 0.3) is 0 Å². The highest BCUT2D eigenvalue weighted by molar-refractivity contribution is 5.94. The standard InChI is InChI=1S/C21H28N6O2/c1-14(2)19-24-15(3)12-18(25-19)26-8-10-27(11-9-26)20(28)17-6-4-16(5-7-17)13-23-21(22)29/h4-7,12,14H,8-11,13H2,1-3H3,(H3,22,23,29). The predicted octanol–water partition coefficient (Wildman–Crippen LogP) is 2.04. The van der Waals surface area contributed by atoms with E-state index in [9.17, 15) is 9.59 Å². The number of hydrogen-bond donors (Lipinski definition) is 2. The van der Waals surface area contributed by atoms with Crippen LogP contribution < -0.4 is 16.0 Å². The monoisotopic (exact) mass is 396 g/mol. The van der Waals surface area contributed by atoms with Crippen LogP contribution in [-0.4, -0.2) is 53.0 Å². The van der Waals surface area contributed by atoms with Gasteiger partial charge in [-0.2, -0.15) is 0 Å². The van der Waals surface area contributed by atoms with Crippen molar-refractivity contribution in [1.82, 2.24) is 20.2 Å². The minimum atomic E-state index is -0.567. The number of anilines is 1. The molecule has 1 aliphatic rings. The summed E-state index contributed by atoms with van der Waals surface area (Å²) in [5.74, 6) is 2.07. The molecule has 1 fully saturated rings. The third-order valence-electron chi connectivity index (χ3n) is 4.93. The Balaban J connectivity index is 1.60. The Labute approximate surface area is 171 Å². The van der Waals surface area contributed by atoms with Gasteiger partial charge in [0.1, 0.15) is 11.6 Å². The number of amides is 3. The molecule has 1 saturated heterocycles. The number of primary amides is 1. The summed E-state index contributed by atoms with van der Waals surface area (Å²) in [6.45, 7) is 9.27. The minimum Gasteiger partial charge on any atom is -0.353 e. The van der Waals surface area contributed by atoms with Crippen LogP contribution in [0.3, 0.4) is 0 Å². The summed E-state index contributed by atoms with van der Waals surface area (Å²) in [6, 6.07) is 8.67. The van der Waals surface area contributed by atoms with Crippen molar-refractivity contribution < 1.29 is 9.59 Å². The summed E-state index contributed by atoms with van der Waals surface area (Å²) in [4.78, 5) is 36.9. The van der Waals surface area contributed by atoms with Crippen LogP contribution in [0.2, 0.25) is 0 Å². The van der Waals surface area contributed by atoms with Crippen molar-refractivity contribution in [3.63, 3.8) is 0 Å². The van der Waals surface area contributed by atoms with Crippen LogP contribution in [0.15, 0.2) is 30.3 Å². The van der Waals surface area contributed by atoms with E-state index in [0.29, 0.717) is 25.2 Å². The van der Waals surface area contributed by atoms with Crippen molar-refractivity contribution in [1.29, 1.82) is 0 Å². The Morgan fingerprint density at radius 1 is 1.10 bits per heavy atom. The molecule has 0 saturated carbocycles. The molecule has 0 spiro atoms. The molecular weight excluding hydrogens is 368 g/mol. The van der Waals surface area contributed by atoms with Crippen molar-refractivity contribution in [3.8, 4) is 0 Å². The smallest absolute Gasteiger partial charge is 0.312 e. The largest absolute Gasteiger partial charge is 0.353 e. The lowest BCUT2D eigenvalue weighted by Crippen LogP contribution is -2.49. The molecule has 0 aliphatic carbocycles. The quantitative estimate of drug-likeness (QED) is 0.805. The molecule has 3 rings (SSSR count). The topological polar surface area (TPSA) is 104 Å². The third-order valence-corrected chi connectivity index (χ3v) is 4.93. The molecule has 29 heavy (non-hydrogen) atoms. The molecule has 0 bridgehead atoms. The van der Waals surface area contributed by atoms with Gasteiger partial charge >= 0.3 is 6.03 Å². The first-order valence-corrected chi connectivity index (χ1v) is 9.85. The molecule has 3 N–H and O–H groups in total. The molecule has 1 aliphatic heterocycles. The number of rotatable bonds is 5. The number of carbonyl (C=O) groups excluding carboxylic acids is 2. The molecule has 154 valence electrons. The number of nitrogens with one attached hydrogen (secondary N) is 1. The van der Waals surface area contributed by atoms with Gasteiger partial charge < -0.3 is 20.9 Å². The fraction of sp³-hybridized carbons (Fsp3) is 0.429. The maximum atomic E-state index is 12.8. The van der Waals surface area contributed by atoms with E-state index in [2.05, 4.69) is 29.0 Å². The highest BCUT2D eigenvalue weighted by atomic mass is 16.2. The first-order chi connectivity index (χ1) is 13.8. The SMILES string of the molecule is Cc1cc(N2CCN(C(=O)c3ccc(CNC(N)=O)cc3)CC2)nc(C(C)C)n1. The van der Waals surface area contributed by atoms with Gasteiger partial charge in [0.15, 0.2) is 0 Å². The zero-order valence-electron chi connectivity index (χ0n) is 17.2. The molecule has 8 heteroatoms. The van der Waals surface area contributed by atoms with Crippen molar-refractivity contribution >= 4 is 17.8 Å². The van der Waals surface area contributed by atoms with E-state index in [1.54, 1.807) is 12.1 Å². The van der Waals surface area contributed by atoms with Gasteiger partial charge in [-0.25, -0.2) is 14.8 Å². The fourth-order valence-corrected chi connectivity index (χ4v) is 3.27. The number of urea groups is 1. The van der Waals surface area contributed by atoms with Gasteiger partial charge in [-0.15, -0.1) is 0 Å². The van der Waals surface area contributed by atoms with Crippen LogP contribution in [0.5, 0.6) is 0 Å². The van der Waals surface area contributed by atoms with Gasteiger partial charge in [0.05, 0.1) is 0 Å². The van der Waals surface area contributed by atoms with Crippen LogP contribution >= 0.6 is 0 Å². The number of hydrogen-bond acceptors (Lipinski definition) is 5. The second-order valence-electron chi connectivity index (χ2n) is 7.57. The Hall–Kier alpha value is -3.16. The Kier molecular flexibility index (Phi) is 6.31. The Bertz CT molecular complexity index is 873. The summed E-state index contributed by atoms with van der Waals surface area (Å²) in [6.07, 6.45) is 0. The van der Waals surface area contributed by atoms with E-state index in [0.717, 1.165) is 36.0 Å². The molecule has 0 atom stereocenters. The molecule has 3 amide bonds. The van der Waals surface area contributed by atoms with E-state index in [1.165, 1.54) is 0 Å². The fourth-order valence-electron chi connectivity index (χ4n) is 3.27. The minimum absolute atomic E-state index is 0.0146. The first kappa shape index (κ1) is 20.6. The number of carbonyl (C=O) groups is 2. The van der Waals surface area contributed by atoms with Gasteiger partial charge in [0.2, 0.25) is 0 Å². The van der Waals surface area contributed by atoms with Crippen LogP contribution in [0.4, 0.5) is 10.6 Å². The predicted molar refractivity (Wildman–Crippen MR) is 112 cm³/mol. The molecule has 8 nitrogen and oxygen atoms in total. The summed E-state index contributed by atoms with van der Waals surface area (Å²) in [5.41, 5.74) is 7.57. The Morgan fingerprint density at radius 3 is 2.34 bits per heavy atom. The van der Waals surface area contributed by atoms with Crippen molar-refractivity contribution in [2.75, 3.05) is 31.1 Å². The van der Waals surface area contributed by atoms with Crippen LogP contribution in [-0.2, 0) is 6.54 Å². The van der Waals surface area contributed by atoms with Crippen LogP contribution in [0, 0.1) is 6.92 Å². The zero-order chi connectivity index (χ0) is 21.0. The van der Waals surface area contributed by atoms with Gasteiger partial charge in [0.25, 0.3) is 5.91 Å². The molecule has 2 heterocycles. The molecule has 2 aromatic rings. The normalized spacial score (nSPS) is 14.2. The lowest BCUT2D eigenvalue weighted by atomic mass is 10.1. The van der Waals surface area contributed by atoms with Gasteiger partial charge in [-0.1, -0.05) is 26.0 Å². The number of nitrogens with two attached hydrogens (primary N) is 1. The molecule has 1 aromatic heterocycles. The van der Waals surface area contributed by atoms with E-state index in [-0.39, 0.29) is 11.8 Å². The number of benzene rings is 1.